The summed E-state index contributed by atoms with van der Waals surface area (Å²) in [5, 5.41) is 0. The Balaban J connectivity index is -0.0000000293. The topological polar surface area (TPSA) is 52.6 Å². The molecule has 0 rings (SSSR count). The summed E-state index contributed by atoms with van der Waals surface area (Å²) in [6.45, 7) is 73.0. The third-order valence-electron chi connectivity index (χ3n) is 1.25. The molecule has 0 heterocycles. The van der Waals surface area contributed by atoms with Crippen LogP contribution in [-0.4, -0.2) is 25.2 Å². The fourth-order valence-corrected chi connectivity index (χ4v) is 0.515. The molecule has 0 fully saturated rings. The lowest BCUT2D eigenvalue weighted by atomic mass is 10.4. The summed E-state index contributed by atoms with van der Waals surface area (Å²) in [6, 6.07) is 0. The van der Waals surface area contributed by atoms with Crippen LogP contribution in [0.4, 0.5) is 0 Å². The van der Waals surface area contributed by atoms with Crippen LogP contribution in [0.15, 0.2) is 176 Å². The van der Waals surface area contributed by atoms with Crippen molar-refractivity contribution in [3.8, 4) is 0 Å². The van der Waals surface area contributed by atoms with E-state index in [2.05, 4.69) is 102 Å². The first-order valence-electron chi connectivity index (χ1n) is 15.9. The van der Waals surface area contributed by atoms with Crippen LogP contribution in [-0.2, 0) is 19.1 Å². The molecule has 0 bridgehead atoms. The molecule has 0 unspecified atom stereocenters. The quantitative estimate of drug-likeness (QED) is 0.124. The van der Waals surface area contributed by atoms with Crippen LogP contribution in [0.25, 0.3) is 0 Å². The summed E-state index contributed by atoms with van der Waals surface area (Å²) >= 11 is 0. The first kappa shape index (κ1) is 85.2. The van der Waals surface area contributed by atoms with Gasteiger partial charge in [0.25, 0.3) is 0 Å². The van der Waals surface area contributed by atoms with E-state index in [1.165, 1.54) is 0 Å². The Morgan fingerprint density at radius 1 is 0.340 bits per heavy atom. The Bertz CT molecular complexity index is 591. The molecule has 0 amide bonds. The van der Waals surface area contributed by atoms with Crippen molar-refractivity contribution >= 4 is 11.9 Å². The number of carbonyl (C=O) groups excluding carboxylic acids is 2. The summed E-state index contributed by atoms with van der Waals surface area (Å²) in [4.78, 5) is 21.7. The number of esters is 2. The van der Waals surface area contributed by atoms with Crippen molar-refractivity contribution in [1.82, 2.24) is 0 Å². The number of hydrogen-bond acceptors (Lipinski definition) is 4. The highest BCUT2D eigenvalue weighted by atomic mass is 16.6. The standard InChI is InChI=1S/C10H14O4.12C3H6/c1-7(2)9(11)13-5-6-14-10(12)8(3)4;12*1-3-2/h1,3,5-6H2,2,4H3;12*3H,1H2,2H3. The molecular weight excluding hydrogens is 617 g/mol. The normalized spacial score (nSPS) is 5.64. The Kier molecular flexibility index (Phi) is 261. The summed E-state index contributed by atoms with van der Waals surface area (Å²) in [5.41, 5.74) is 0.632. The average Bonchev–Trinajstić information content (AvgIpc) is 3.00. The third-order valence-corrected chi connectivity index (χ3v) is 1.25. The zero-order chi connectivity index (χ0) is 43.6. The largest absolute Gasteiger partial charge is 0.459 e. The van der Waals surface area contributed by atoms with Gasteiger partial charge in [0.1, 0.15) is 13.2 Å². The molecule has 0 aromatic carbocycles. The van der Waals surface area contributed by atoms with Crippen LogP contribution < -0.4 is 0 Å². The van der Waals surface area contributed by atoms with Crippen molar-refractivity contribution < 1.29 is 19.1 Å². The van der Waals surface area contributed by atoms with Crippen molar-refractivity contribution in [2.24, 2.45) is 0 Å². The second-order valence-corrected chi connectivity index (χ2v) is 7.73. The van der Waals surface area contributed by atoms with E-state index in [4.69, 9.17) is 0 Å². The van der Waals surface area contributed by atoms with Gasteiger partial charge in [-0.15, -0.1) is 78.9 Å². The summed E-state index contributed by atoms with van der Waals surface area (Å²) in [5.74, 6) is -0.979. The van der Waals surface area contributed by atoms with Gasteiger partial charge in [0, 0.05) is 11.1 Å². The van der Waals surface area contributed by atoms with Gasteiger partial charge in [-0.05, 0) is 96.9 Å². The van der Waals surface area contributed by atoms with E-state index in [0.29, 0.717) is 11.1 Å². The van der Waals surface area contributed by atoms with E-state index in [1.807, 2.05) is 83.1 Å². The molecule has 0 saturated heterocycles. The highest BCUT2D eigenvalue weighted by Gasteiger charge is 2.05. The minimum absolute atomic E-state index is 0.0325. The molecule has 0 N–H and O–H groups in total. The molecule has 0 aromatic heterocycles. The maximum atomic E-state index is 10.8. The molecule has 0 aliphatic heterocycles. The molecule has 4 heteroatoms. The van der Waals surface area contributed by atoms with Gasteiger partial charge in [-0.3, -0.25) is 0 Å². The van der Waals surface area contributed by atoms with Gasteiger partial charge in [0.15, 0.2) is 0 Å². The highest BCUT2D eigenvalue weighted by molar-refractivity contribution is 5.87. The summed E-state index contributed by atoms with van der Waals surface area (Å²) < 4.78 is 9.38. The van der Waals surface area contributed by atoms with E-state index in [1.54, 1.807) is 86.8 Å². The van der Waals surface area contributed by atoms with Crippen LogP contribution >= 0.6 is 0 Å². The average molecular weight is 703 g/mol. The molecule has 50 heavy (non-hydrogen) atoms. The minimum Gasteiger partial charge on any atom is -0.459 e. The molecule has 0 atom stereocenters. The Morgan fingerprint density at radius 2 is 0.420 bits per heavy atom. The van der Waals surface area contributed by atoms with Crippen molar-refractivity contribution in [2.75, 3.05) is 13.2 Å². The summed E-state index contributed by atoms with van der Waals surface area (Å²) in [7, 11) is 0. The lowest BCUT2D eigenvalue weighted by molar-refractivity contribution is -0.147. The Hall–Kier alpha value is -4.70. The van der Waals surface area contributed by atoms with Gasteiger partial charge in [-0.25, -0.2) is 9.59 Å². The second kappa shape index (κ2) is 153. The molecule has 0 aliphatic carbocycles. The molecular formula is C46H86O4. The van der Waals surface area contributed by atoms with Gasteiger partial charge < -0.3 is 9.47 Å². The lowest BCUT2D eigenvalue weighted by Gasteiger charge is -2.05. The third kappa shape index (κ3) is 730. The minimum atomic E-state index is -0.489. The van der Waals surface area contributed by atoms with Crippen LogP contribution in [0.3, 0.4) is 0 Å². The predicted octanol–water partition coefficient (Wildman–Crippen LogP) is 15.5. The number of allylic oxidation sites excluding steroid dienone is 12. The zero-order valence-corrected chi connectivity index (χ0v) is 35.9. The van der Waals surface area contributed by atoms with E-state index in [9.17, 15) is 9.59 Å². The number of rotatable bonds is 5. The molecule has 4 nitrogen and oxygen atoms in total. The van der Waals surface area contributed by atoms with Gasteiger partial charge >= 0.3 is 11.9 Å². The van der Waals surface area contributed by atoms with Crippen molar-refractivity contribution in [1.29, 1.82) is 0 Å². The van der Waals surface area contributed by atoms with Gasteiger partial charge in [-0.1, -0.05) is 86.1 Å². The van der Waals surface area contributed by atoms with Crippen molar-refractivity contribution in [2.45, 2.75) is 96.9 Å². The zero-order valence-electron chi connectivity index (χ0n) is 35.9. The monoisotopic (exact) mass is 703 g/mol. The predicted molar refractivity (Wildman–Crippen MR) is 242 cm³/mol. The van der Waals surface area contributed by atoms with Crippen LogP contribution in [0.2, 0.25) is 0 Å². The first-order chi connectivity index (χ1) is 23.4. The van der Waals surface area contributed by atoms with Gasteiger partial charge in [-0.2, -0.15) is 0 Å². The van der Waals surface area contributed by atoms with E-state index in [-0.39, 0.29) is 13.2 Å². The van der Waals surface area contributed by atoms with Gasteiger partial charge in [0.2, 0.25) is 0 Å². The molecule has 0 radical (unpaired) electrons. The Morgan fingerprint density at radius 3 is 0.480 bits per heavy atom. The van der Waals surface area contributed by atoms with Crippen LogP contribution in [0.1, 0.15) is 96.9 Å². The summed E-state index contributed by atoms with van der Waals surface area (Å²) in [6.07, 6.45) is 21.0. The maximum absolute atomic E-state index is 10.8. The van der Waals surface area contributed by atoms with Crippen LogP contribution in [0.5, 0.6) is 0 Å². The number of hydrogen-bond donors (Lipinski definition) is 0. The second-order valence-electron chi connectivity index (χ2n) is 7.73. The fourth-order valence-electron chi connectivity index (χ4n) is 0.515. The lowest BCUT2D eigenvalue weighted by Crippen LogP contribution is -2.14. The van der Waals surface area contributed by atoms with Crippen LogP contribution in [0, 0.1) is 0 Å². The van der Waals surface area contributed by atoms with E-state index < -0.39 is 11.9 Å². The molecule has 0 aliphatic rings. The number of carbonyl (C=O) groups is 2. The molecule has 0 spiro atoms. The first-order valence-corrected chi connectivity index (χ1v) is 15.9. The SMILES string of the molecule is C=C(C)C(=O)OCCOC(=O)C(=C)C.C=CC.C=CC.C=CC.C=CC.C=CC.C=CC.C=CC.C=CC.C=CC.C=CC.C=CC.C=CC. The fraction of sp³-hybridized carbons (Fsp3) is 0.348. The molecule has 0 saturated carbocycles. The Labute approximate surface area is 316 Å². The van der Waals surface area contributed by atoms with E-state index in [0.717, 1.165) is 0 Å². The van der Waals surface area contributed by atoms with Crippen molar-refractivity contribution in [3.05, 3.63) is 176 Å². The molecule has 0 aromatic rings. The van der Waals surface area contributed by atoms with Gasteiger partial charge in [0.05, 0.1) is 0 Å². The maximum Gasteiger partial charge on any atom is 0.333 e. The van der Waals surface area contributed by atoms with E-state index >= 15 is 0 Å². The highest BCUT2D eigenvalue weighted by Crippen LogP contribution is 1.94. The smallest absolute Gasteiger partial charge is 0.333 e. The number of ether oxygens (including phenoxy) is 2. The van der Waals surface area contributed by atoms with Crippen molar-refractivity contribution in [3.63, 3.8) is 0 Å². The molecule has 294 valence electrons.